The summed E-state index contributed by atoms with van der Waals surface area (Å²) < 4.78 is 15.3. The van der Waals surface area contributed by atoms with Gasteiger partial charge in [-0.05, 0) is 80.8 Å². The topological polar surface area (TPSA) is 75.5 Å². The molecular weight excluding hydrogens is 511 g/mol. The Morgan fingerprint density at radius 2 is 1.64 bits per heavy atom. The fourth-order valence-electron chi connectivity index (χ4n) is 4.54. The zero-order valence-electron chi connectivity index (χ0n) is 22.4. The molecule has 0 spiro atoms. The van der Waals surface area contributed by atoms with E-state index in [1.165, 1.54) is 23.5 Å². The fraction of sp³-hybridized carbons (Fsp3) is 0.194. The van der Waals surface area contributed by atoms with Crippen LogP contribution < -0.4 is 10.6 Å². The number of carbonyl (C=O) groups excluding carboxylic acids is 2. The van der Waals surface area contributed by atoms with Crippen molar-refractivity contribution in [2.45, 2.75) is 33.2 Å². The summed E-state index contributed by atoms with van der Waals surface area (Å²) in [6.45, 7) is 7.99. The molecule has 0 fully saturated rings. The SMILES string of the molecule is CNC(=O)c1c(-c2ccc(F)cc2)nc2sc(-c3cc(C(=O)NC(C)(C)c4ccc(C)cc4)ccc3C)cn12. The van der Waals surface area contributed by atoms with E-state index in [1.54, 1.807) is 23.6 Å². The van der Waals surface area contributed by atoms with Crippen molar-refractivity contribution in [1.29, 1.82) is 0 Å². The van der Waals surface area contributed by atoms with Crippen molar-refractivity contribution in [2.75, 3.05) is 7.05 Å². The summed E-state index contributed by atoms with van der Waals surface area (Å²) in [5.41, 5.74) is 5.55. The van der Waals surface area contributed by atoms with E-state index in [9.17, 15) is 14.0 Å². The van der Waals surface area contributed by atoms with Crippen LogP contribution in [-0.2, 0) is 5.54 Å². The number of imidazole rings is 1. The molecule has 0 bridgehead atoms. The van der Waals surface area contributed by atoms with Gasteiger partial charge in [0.1, 0.15) is 17.2 Å². The van der Waals surface area contributed by atoms with E-state index in [4.69, 9.17) is 4.98 Å². The van der Waals surface area contributed by atoms with Crippen molar-refractivity contribution >= 4 is 28.1 Å². The van der Waals surface area contributed by atoms with Crippen molar-refractivity contribution < 1.29 is 14.0 Å². The molecule has 5 aromatic rings. The standard InChI is InChI=1S/C31H29FN4O2S/c1-18-6-12-22(13-7-18)31(3,4)35-28(37)21-9-8-19(2)24(16-21)25-17-36-27(29(38)33-5)26(34-30(36)39-25)20-10-14-23(32)15-11-20/h6-17H,1-5H3,(H,33,38)(H,35,37). The van der Waals surface area contributed by atoms with Gasteiger partial charge in [-0.15, -0.1) is 0 Å². The van der Waals surface area contributed by atoms with E-state index in [0.717, 1.165) is 27.1 Å². The van der Waals surface area contributed by atoms with E-state index in [2.05, 4.69) is 10.6 Å². The maximum Gasteiger partial charge on any atom is 0.270 e. The molecule has 39 heavy (non-hydrogen) atoms. The number of carbonyl (C=O) groups is 2. The van der Waals surface area contributed by atoms with Crippen molar-refractivity contribution in [3.05, 3.63) is 107 Å². The minimum absolute atomic E-state index is 0.173. The number of nitrogens with zero attached hydrogens (tertiary/aromatic N) is 2. The number of aryl methyl sites for hydroxylation is 2. The van der Waals surface area contributed by atoms with E-state index in [1.807, 2.05) is 76.4 Å². The number of hydrogen-bond donors (Lipinski definition) is 2. The van der Waals surface area contributed by atoms with Gasteiger partial charge >= 0.3 is 0 Å². The molecule has 0 unspecified atom stereocenters. The first kappa shape index (κ1) is 26.3. The number of hydrogen-bond acceptors (Lipinski definition) is 4. The van der Waals surface area contributed by atoms with Crippen LogP contribution >= 0.6 is 11.3 Å². The smallest absolute Gasteiger partial charge is 0.270 e. The first-order valence-corrected chi connectivity index (χ1v) is 13.4. The minimum atomic E-state index is -0.557. The molecule has 0 saturated carbocycles. The Hall–Kier alpha value is -4.30. The lowest BCUT2D eigenvalue weighted by Gasteiger charge is -2.27. The average molecular weight is 541 g/mol. The second-order valence-electron chi connectivity index (χ2n) is 10.1. The predicted octanol–water partition coefficient (Wildman–Crippen LogP) is 6.51. The van der Waals surface area contributed by atoms with E-state index in [-0.39, 0.29) is 17.6 Å². The largest absolute Gasteiger partial charge is 0.354 e. The van der Waals surface area contributed by atoms with E-state index >= 15 is 0 Å². The Balaban J connectivity index is 1.51. The Bertz CT molecular complexity index is 1700. The van der Waals surface area contributed by atoms with Crippen LogP contribution in [0.5, 0.6) is 0 Å². The number of benzene rings is 3. The van der Waals surface area contributed by atoms with Gasteiger partial charge in [0.05, 0.1) is 10.4 Å². The van der Waals surface area contributed by atoms with E-state index < -0.39 is 5.54 Å². The maximum absolute atomic E-state index is 13.5. The van der Waals surface area contributed by atoms with Gasteiger partial charge in [0.2, 0.25) is 0 Å². The number of fused-ring (bicyclic) bond motifs is 1. The third-order valence-corrected chi connectivity index (χ3v) is 7.87. The van der Waals surface area contributed by atoms with Crippen molar-refractivity contribution in [2.24, 2.45) is 0 Å². The summed E-state index contributed by atoms with van der Waals surface area (Å²) in [6.07, 6.45) is 1.87. The third-order valence-electron chi connectivity index (χ3n) is 6.85. The zero-order chi connectivity index (χ0) is 27.9. The second kappa shape index (κ2) is 10.1. The van der Waals surface area contributed by atoms with Crippen molar-refractivity contribution in [1.82, 2.24) is 20.0 Å². The molecule has 0 aliphatic carbocycles. The Kier molecular flexibility index (Phi) is 6.82. The second-order valence-corrected chi connectivity index (χ2v) is 11.1. The number of halogens is 1. The van der Waals surface area contributed by atoms with Gasteiger partial charge in [0.15, 0.2) is 4.96 Å². The first-order chi connectivity index (χ1) is 18.6. The monoisotopic (exact) mass is 540 g/mol. The van der Waals surface area contributed by atoms with Gasteiger partial charge in [-0.25, -0.2) is 9.37 Å². The van der Waals surface area contributed by atoms with Crippen molar-refractivity contribution in [3.63, 3.8) is 0 Å². The molecule has 0 saturated heterocycles. The molecule has 3 aromatic carbocycles. The minimum Gasteiger partial charge on any atom is -0.354 e. The van der Waals surface area contributed by atoms with Crippen LogP contribution in [0.25, 0.3) is 26.7 Å². The van der Waals surface area contributed by atoms with Crippen LogP contribution in [0.2, 0.25) is 0 Å². The molecule has 0 atom stereocenters. The number of nitrogens with one attached hydrogen (secondary N) is 2. The third kappa shape index (κ3) is 5.07. The number of thiazole rings is 1. The molecule has 5 rings (SSSR count). The van der Waals surface area contributed by atoms with E-state index in [0.29, 0.717) is 27.5 Å². The summed E-state index contributed by atoms with van der Waals surface area (Å²) >= 11 is 1.42. The molecule has 2 amide bonds. The number of amides is 2. The van der Waals surface area contributed by atoms with Crippen molar-refractivity contribution in [3.8, 4) is 21.7 Å². The van der Waals surface area contributed by atoms with Crippen LogP contribution in [0.15, 0.2) is 72.9 Å². The molecule has 2 heterocycles. The average Bonchev–Trinajstić information content (AvgIpc) is 3.47. The predicted molar refractivity (Wildman–Crippen MR) is 154 cm³/mol. The van der Waals surface area contributed by atoms with Crippen LogP contribution in [-0.4, -0.2) is 28.2 Å². The zero-order valence-corrected chi connectivity index (χ0v) is 23.2. The summed E-state index contributed by atoms with van der Waals surface area (Å²) in [7, 11) is 1.56. The lowest BCUT2D eigenvalue weighted by molar-refractivity contribution is 0.0910. The van der Waals surface area contributed by atoms with Gasteiger partial charge in [-0.2, -0.15) is 0 Å². The Labute approximate surface area is 230 Å². The molecule has 6 nitrogen and oxygen atoms in total. The van der Waals surface area contributed by atoms with Gasteiger partial charge in [0, 0.05) is 24.4 Å². The summed E-state index contributed by atoms with van der Waals surface area (Å²) in [5, 5.41) is 5.84. The lowest BCUT2D eigenvalue weighted by Crippen LogP contribution is -2.41. The molecule has 8 heteroatoms. The van der Waals surface area contributed by atoms with Crippen LogP contribution in [0.4, 0.5) is 4.39 Å². The normalized spacial score (nSPS) is 11.5. The lowest BCUT2D eigenvalue weighted by atomic mass is 9.93. The molecular formula is C31H29FN4O2S. The van der Waals surface area contributed by atoms with Crippen LogP contribution in [0.3, 0.4) is 0 Å². The Morgan fingerprint density at radius 3 is 2.31 bits per heavy atom. The van der Waals surface area contributed by atoms with Gasteiger partial charge in [0.25, 0.3) is 11.8 Å². The molecule has 198 valence electrons. The van der Waals surface area contributed by atoms with Gasteiger partial charge in [-0.3, -0.25) is 14.0 Å². The summed E-state index contributed by atoms with van der Waals surface area (Å²) in [4.78, 5) is 32.4. The first-order valence-electron chi connectivity index (χ1n) is 12.6. The van der Waals surface area contributed by atoms with Gasteiger partial charge in [-0.1, -0.05) is 47.2 Å². The molecule has 0 aliphatic heterocycles. The number of rotatable bonds is 6. The maximum atomic E-state index is 13.5. The summed E-state index contributed by atoms with van der Waals surface area (Å²) in [5.74, 6) is -0.827. The highest BCUT2D eigenvalue weighted by Gasteiger charge is 2.25. The van der Waals surface area contributed by atoms with Gasteiger partial charge < -0.3 is 10.6 Å². The highest BCUT2D eigenvalue weighted by atomic mass is 32.1. The molecule has 0 radical (unpaired) electrons. The fourth-order valence-corrected chi connectivity index (χ4v) is 5.61. The molecule has 0 aliphatic rings. The number of aromatic nitrogens is 2. The highest BCUT2D eigenvalue weighted by molar-refractivity contribution is 7.20. The molecule has 2 aromatic heterocycles. The quantitative estimate of drug-likeness (QED) is 0.258. The highest BCUT2D eigenvalue weighted by Crippen LogP contribution is 2.35. The van der Waals surface area contributed by atoms with Crippen LogP contribution in [0, 0.1) is 19.7 Å². The molecule has 2 N–H and O–H groups in total. The Morgan fingerprint density at radius 1 is 0.949 bits per heavy atom. The van der Waals surface area contributed by atoms with Crippen LogP contribution in [0.1, 0.15) is 51.4 Å². The summed E-state index contributed by atoms with van der Waals surface area (Å²) in [6, 6.07) is 19.7.